The molecule has 0 unspecified atom stereocenters. The number of rotatable bonds is 7. The molecule has 39 heavy (non-hydrogen) atoms. The fourth-order valence-electron chi connectivity index (χ4n) is 5.21. The fourth-order valence-corrected chi connectivity index (χ4v) is 5.21. The van der Waals surface area contributed by atoms with Crippen LogP contribution in [0.25, 0.3) is 32.8 Å². The van der Waals surface area contributed by atoms with Crippen LogP contribution in [0.4, 0.5) is 5.82 Å². The van der Waals surface area contributed by atoms with Gasteiger partial charge in [0.1, 0.15) is 17.2 Å². The second-order valence-corrected chi connectivity index (χ2v) is 9.58. The summed E-state index contributed by atoms with van der Waals surface area (Å²) in [6.45, 7) is 2.95. The molecule has 6 rings (SSSR count). The number of hydrogen-bond acceptors (Lipinski definition) is 6. The number of anilines is 1. The zero-order chi connectivity index (χ0) is 25.2. The first-order chi connectivity index (χ1) is 18.2. The van der Waals surface area contributed by atoms with Crippen molar-refractivity contribution in [3.63, 3.8) is 0 Å². The smallest absolute Gasteiger partial charge is 0.157 e. The van der Waals surface area contributed by atoms with Crippen molar-refractivity contribution in [2.75, 3.05) is 32.6 Å². The summed E-state index contributed by atoms with van der Waals surface area (Å²) in [5.41, 5.74) is 3.19. The third-order valence-corrected chi connectivity index (χ3v) is 7.18. The number of halogens is 2. The van der Waals surface area contributed by atoms with Gasteiger partial charge in [-0.25, -0.2) is 0 Å². The van der Waals surface area contributed by atoms with E-state index in [4.69, 9.17) is 9.47 Å². The lowest BCUT2D eigenvalue weighted by Gasteiger charge is -2.18. The maximum Gasteiger partial charge on any atom is 0.157 e. The zero-order valence-electron chi connectivity index (χ0n) is 22.0. The average molecular weight is 564 g/mol. The van der Waals surface area contributed by atoms with Gasteiger partial charge >= 0.3 is 0 Å². The van der Waals surface area contributed by atoms with Crippen LogP contribution in [-0.4, -0.2) is 48.4 Å². The van der Waals surface area contributed by atoms with E-state index in [0.29, 0.717) is 6.04 Å². The van der Waals surface area contributed by atoms with Crippen LogP contribution in [0.1, 0.15) is 12.0 Å². The predicted octanol–water partition coefficient (Wildman–Crippen LogP) is 7.00. The maximum absolute atomic E-state index is 5.54. The number of benzene rings is 4. The Morgan fingerprint density at radius 1 is 0.795 bits per heavy atom. The molecule has 8 heteroatoms. The van der Waals surface area contributed by atoms with E-state index in [0.717, 1.165) is 65.4 Å². The summed E-state index contributed by atoms with van der Waals surface area (Å²) in [6, 6.07) is 29.6. The lowest BCUT2D eigenvalue weighted by atomic mass is 10.0. The molecule has 1 aromatic heterocycles. The Kier molecular flexibility index (Phi) is 9.12. The highest BCUT2D eigenvalue weighted by molar-refractivity contribution is 6.01. The third-order valence-electron chi connectivity index (χ3n) is 7.18. The van der Waals surface area contributed by atoms with Crippen molar-refractivity contribution in [2.24, 2.45) is 0 Å². The third kappa shape index (κ3) is 6.04. The number of nitrogens with zero attached hydrogens (tertiary/aromatic N) is 3. The maximum atomic E-state index is 5.54. The standard InChI is InChI=1S/C31H30N4O2.2ClH/c1-36-26-11-9-23(10-12-26)30-28-14-13-27(37-2)18-29(28)31(34-33-30)32-25-15-16-35(20-25)19-21-7-8-22-5-3-4-6-24(22)17-21;;/h3-14,17-18,25H,15-16,19-20H2,1-2H3,(H,32,34);2*1H/t25-;;/m1../s1. The molecule has 6 nitrogen and oxygen atoms in total. The molecule has 5 aromatic rings. The van der Waals surface area contributed by atoms with Crippen LogP contribution >= 0.6 is 24.8 Å². The molecule has 1 aliphatic rings. The highest BCUT2D eigenvalue weighted by atomic mass is 35.5. The van der Waals surface area contributed by atoms with E-state index in [2.05, 4.69) is 68.9 Å². The minimum Gasteiger partial charge on any atom is -0.497 e. The first-order valence-corrected chi connectivity index (χ1v) is 12.7. The Balaban J connectivity index is 0.00000176. The molecule has 0 aliphatic carbocycles. The van der Waals surface area contributed by atoms with Gasteiger partial charge < -0.3 is 14.8 Å². The predicted molar refractivity (Wildman–Crippen MR) is 164 cm³/mol. The Morgan fingerprint density at radius 2 is 1.54 bits per heavy atom. The van der Waals surface area contributed by atoms with Crippen LogP contribution in [0.15, 0.2) is 84.9 Å². The quantitative estimate of drug-likeness (QED) is 0.230. The van der Waals surface area contributed by atoms with Crippen molar-refractivity contribution in [3.05, 3.63) is 90.5 Å². The van der Waals surface area contributed by atoms with Crippen LogP contribution in [0.3, 0.4) is 0 Å². The molecule has 1 saturated heterocycles. The SMILES string of the molecule is COc1ccc(-c2nnc(N[C@@H]3CCN(Cc4ccc5ccccc5c4)C3)c3cc(OC)ccc23)cc1.Cl.Cl. The summed E-state index contributed by atoms with van der Waals surface area (Å²) in [7, 11) is 3.36. The van der Waals surface area contributed by atoms with Gasteiger partial charge in [0.15, 0.2) is 5.82 Å². The Labute approximate surface area is 241 Å². The molecular weight excluding hydrogens is 531 g/mol. The lowest BCUT2D eigenvalue weighted by molar-refractivity contribution is 0.329. The van der Waals surface area contributed by atoms with Crippen molar-refractivity contribution in [1.29, 1.82) is 0 Å². The molecule has 2 heterocycles. The first-order valence-electron chi connectivity index (χ1n) is 12.7. The van der Waals surface area contributed by atoms with Crippen molar-refractivity contribution in [3.8, 4) is 22.8 Å². The number of ether oxygens (including phenoxy) is 2. The normalized spacial score (nSPS) is 15.0. The number of methoxy groups -OCH3 is 2. The van der Waals surface area contributed by atoms with Crippen molar-refractivity contribution >= 4 is 52.2 Å². The van der Waals surface area contributed by atoms with Crippen molar-refractivity contribution < 1.29 is 9.47 Å². The minimum atomic E-state index is 0. The summed E-state index contributed by atoms with van der Waals surface area (Å²) in [4.78, 5) is 2.50. The van der Waals surface area contributed by atoms with Crippen molar-refractivity contribution in [1.82, 2.24) is 15.1 Å². The van der Waals surface area contributed by atoms with E-state index in [-0.39, 0.29) is 24.8 Å². The molecule has 1 atom stereocenters. The molecule has 0 amide bonds. The molecule has 0 spiro atoms. The molecule has 4 aromatic carbocycles. The summed E-state index contributed by atoms with van der Waals surface area (Å²) < 4.78 is 10.9. The van der Waals surface area contributed by atoms with E-state index in [1.54, 1.807) is 14.2 Å². The van der Waals surface area contributed by atoms with Gasteiger partial charge in [-0.05, 0) is 71.3 Å². The Bertz CT molecular complexity index is 1560. The van der Waals surface area contributed by atoms with Gasteiger partial charge in [-0.15, -0.1) is 35.0 Å². The van der Waals surface area contributed by atoms with Crippen LogP contribution in [-0.2, 0) is 6.54 Å². The number of likely N-dealkylation sites (tertiary alicyclic amines) is 1. The molecule has 202 valence electrons. The van der Waals surface area contributed by atoms with Gasteiger partial charge in [-0.3, -0.25) is 4.90 Å². The van der Waals surface area contributed by atoms with Crippen LogP contribution < -0.4 is 14.8 Å². The second-order valence-electron chi connectivity index (χ2n) is 9.58. The fraction of sp³-hybridized carbons (Fsp3) is 0.226. The van der Waals surface area contributed by atoms with Crippen LogP contribution in [0, 0.1) is 0 Å². The zero-order valence-corrected chi connectivity index (χ0v) is 23.6. The monoisotopic (exact) mass is 562 g/mol. The first kappa shape index (κ1) is 28.4. The van der Waals surface area contributed by atoms with Gasteiger partial charge in [0.05, 0.1) is 14.2 Å². The topological polar surface area (TPSA) is 59.5 Å². The van der Waals surface area contributed by atoms with Gasteiger partial charge in [-0.1, -0.05) is 36.4 Å². The number of fused-ring (bicyclic) bond motifs is 2. The molecule has 0 bridgehead atoms. The summed E-state index contributed by atoms with van der Waals surface area (Å²) >= 11 is 0. The Hall–Kier alpha value is -3.58. The van der Waals surface area contributed by atoms with Crippen LogP contribution in [0.5, 0.6) is 11.5 Å². The van der Waals surface area contributed by atoms with E-state index >= 15 is 0 Å². The highest BCUT2D eigenvalue weighted by Gasteiger charge is 2.24. The molecule has 1 N–H and O–H groups in total. The van der Waals surface area contributed by atoms with Gasteiger partial charge in [0, 0.05) is 42.0 Å². The van der Waals surface area contributed by atoms with Gasteiger partial charge in [0.2, 0.25) is 0 Å². The highest BCUT2D eigenvalue weighted by Crippen LogP contribution is 2.34. The van der Waals surface area contributed by atoms with E-state index < -0.39 is 0 Å². The van der Waals surface area contributed by atoms with E-state index in [1.165, 1.54) is 16.3 Å². The number of aromatic nitrogens is 2. The Morgan fingerprint density at radius 3 is 2.31 bits per heavy atom. The molecular formula is C31H32Cl2N4O2. The summed E-state index contributed by atoms with van der Waals surface area (Å²) in [6.07, 6.45) is 1.06. The lowest BCUT2D eigenvalue weighted by Crippen LogP contribution is -2.26. The molecule has 1 aliphatic heterocycles. The largest absolute Gasteiger partial charge is 0.497 e. The second kappa shape index (κ2) is 12.5. The van der Waals surface area contributed by atoms with Crippen molar-refractivity contribution in [2.45, 2.75) is 19.0 Å². The minimum absolute atomic E-state index is 0. The average Bonchev–Trinajstić information content (AvgIpc) is 3.39. The number of hydrogen-bond donors (Lipinski definition) is 1. The molecule has 0 saturated carbocycles. The van der Waals surface area contributed by atoms with Gasteiger partial charge in [0.25, 0.3) is 0 Å². The summed E-state index contributed by atoms with van der Waals surface area (Å²) in [5.74, 6) is 2.41. The number of nitrogens with one attached hydrogen (secondary N) is 1. The van der Waals surface area contributed by atoms with Crippen LogP contribution in [0.2, 0.25) is 0 Å². The summed E-state index contributed by atoms with van der Waals surface area (Å²) in [5, 5.41) is 17.6. The molecule has 0 radical (unpaired) electrons. The van der Waals surface area contributed by atoms with E-state index in [1.807, 2.05) is 36.4 Å². The van der Waals surface area contributed by atoms with E-state index in [9.17, 15) is 0 Å². The molecule has 1 fully saturated rings. The van der Waals surface area contributed by atoms with Gasteiger partial charge in [-0.2, -0.15) is 0 Å².